The first-order valence-corrected chi connectivity index (χ1v) is 27.9. The molecular weight excluding hydrogens is 989 g/mol. The molecular formula is C70H42N6S2. The van der Waals surface area contributed by atoms with Crippen LogP contribution >= 0.6 is 22.7 Å². The fourth-order valence-corrected chi connectivity index (χ4v) is 15.1. The Balaban J connectivity index is 0.000000126. The molecule has 0 fully saturated rings. The minimum absolute atomic E-state index is 0.983. The molecule has 0 atom stereocenters. The molecule has 0 bridgehead atoms. The Morgan fingerprint density at radius 1 is 0.244 bits per heavy atom. The number of nitrogens with zero attached hydrogens (tertiary/aromatic N) is 6. The highest BCUT2D eigenvalue weighted by atomic mass is 32.1. The van der Waals surface area contributed by atoms with E-state index in [0.29, 0.717) is 0 Å². The molecule has 0 aliphatic rings. The molecule has 18 aromatic rings. The molecule has 0 unspecified atom stereocenters. The molecule has 0 N–H and O–H groups in total. The average Bonchev–Trinajstić information content (AvgIpc) is 4.54. The van der Waals surface area contributed by atoms with E-state index in [1.165, 1.54) is 117 Å². The zero-order valence-electron chi connectivity index (χ0n) is 41.7. The van der Waals surface area contributed by atoms with Gasteiger partial charge in [0.15, 0.2) is 0 Å². The summed E-state index contributed by atoms with van der Waals surface area (Å²) >= 11 is 3.73. The molecule has 18 rings (SSSR count). The second-order valence-electron chi connectivity index (χ2n) is 20.1. The van der Waals surface area contributed by atoms with Crippen molar-refractivity contribution >= 4 is 151 Å². The van der Waals surface area contributed by atoms with E-state index in [1.54, 1.807) is 0 Å². The van der Waals surface area contributed by atoms with Crippen LogP contribution in [0.3, 0.4) is 0 Å². The highest BCUT2D eigenvalue weighted by molar-refractivity contribution is 7.26. The van der Waals surface area contributed by atoms with Crippen molar-refractivity contribution in [1.29, 1.82) is 0 Å². The van der Waals surface area contributed by atoms with Crippen LogP contribution < -0.4 is 0 Å². The molecule has 6 nitrogen and oxygen atoms in total. The molecule has 0 amide bonds. The maximum absolute atomic E-state index is 4.91. The lowest BCUT2D eigenvalue weighted by molar-refractivity contribution is 1.14. The Labute approximate surface area is 453 Å². The van der Waals surface area contributed by atoms with E-state index in [4.69, 9.17) is 9.97 Å². The van der Waals surface area contributed by atoms with Crippen molar-refractivity contribution in [2.24, 2.45) is 0 Å². The van der Waals surface area contributed by atoms with Gasteiger partial charge >= 0.3 is 0 Å². The van der Waals surface area contributed by atoms with E-state index in [9.17, 15) is 0 Å². The maximum atomic E-state index is 4.91. The van der Waals surface area contributed by atoms with E-state index in [2.05, 4.69) is 249 Å². The number of fused-ring (bicyclic) bond motifs is 18. The van der Waals surface area contributed by atoms with Gasteiger partial charge in [0.2, 0.25) is 0 Å². The average molecular weight is 1030 g/mol. The number of thiophene rings is 2. The third-order valence-electron chi connectivity index (χ3n) is 15.9. The first kappa shape index (κ1) is 43.4. The summed E-state index contributed by atoms with van der Waals surface area (Å²) < 4.78 is 14.7. The highest BCUT2D eigenvalue weighted by Crippen LogP contribution is 2.44. The third kappa shape index (κ3) is 6.24. The largest absolute Gasteiger partial charge is 0.309 e. The molecule has 10 aromatic carbocycles. The topological polar surface area (TPSA) is 45.5 Å². The Kier molecular flexibility index (Phi) is 9.36. The number of pyridine rings is 2. The fourth-order valence-electron chi connectivity index (χ4n) is 12.7. The van der Waals surface area contributed by atoms with E-state index in [0.717, 1.165) is 33.6 Å². The number of aromatic nitrogens is 6. The van der Waals surface area contributed by atoms with Crippen molar-refractivity contribution in [3.05, 3.63) is 255 Å². The van der Waals surface area contributed by atoms with Crippen LogP contribution in [-0.4, -0.2) is 28.2 Å². The first-order chi connectivity index (χ1) is 38.7. The Hall–Kier alpha value is -9.86. The van der Waals surface area contributed by atoms with Crippen LogP contribution in [0, 0.1) is 0 Å². The number of para-hydroxylation sites is 4. The monoisotopic (exact) mass is 1030 g/mol. The molecule has 8 heterocycles. The summed E-state index contributed by atoms with van der Waals surface area (Å²) in [6.07, 6.45) is 3.78. The summed E-state index contributed by atoms with van der Waals surface area (Å²) in [7, 11) is 0. The summed E-state index contributed by atoms with van der Waals surface area (Å²) in [5.74, 6) is 0. The summed E-state index contributed by atoms with van der Waals surface area (Å²) in [4.78, 5) is 9.71. The van der Waals surface area contributed by atoms with Gasteiger partial charge in [0, 0.05) is 97.8 Å². The maximum Gasteiger partial charge on any atom is 0.145 e. The zero-order chi connectivity index (χ0) is 51.0. The van der Waals surface area contributed by atoms with Crippen molar-refractivity contribution in [3.8, 4) is 22.7 Å². The van der Waals surface area contributed by atoms with Crippen LogP contribution in [0.2, 0.25) is 0 Å². The van der Waals surface area contributed by atoms with Crippen LogP contribution in [0.5, 0.6) is 0 Å². The normalized spacial score (nSPS) is 12.1. The van der Waals surface area contributed by atoms with Crippen LogP contribution in [0.1, 0.15) is 0 Å². The Bertz CT molecular complexity index is 5040. The first-order valence-electron chi connectivity index (χ1n) is 26.3. The second-order valence-corrected chi connectivity index (χ2v) is 22.2. The summed E-state index contributed by atoms with van der Waals surface area (Å²) in [5, 5.41) is 15.0. The molecule has 0 saturated heterocycles. The van der Waals surface area contributed by atoms with Crippen LogP contribution in [0.15, 0.2) is 255 Å². The predicted octanol–water partition coefficient (Wildman–Crippen LogP) is 19.3. The SMILES string of the molecule is c1ccc2c(c1)sc1c(-n3c4ccc(-n5c6ccccc6c6ccccc65)cc4c4cccnc43)cccc12.c1ccc2c(c1)sc1c(-n3c4ccccc4c4cc(-n5c6ccccc6c6cccnc65)ccc43)cccc12. The Morgan fingerprint density at radius 2 is 0.603 bits per heavy atom. The van der Waals surface area contributed by atoms with Crippen molar-refractivity contribution in [1.82, 2.24) is 28.2 Å². The number of hydrogen-bond acceptors (Lipinski definition) is 4. The van der Waals surface area contributed by atoms with Gasteiger partial charge in [-0.2, -0.15) is 0 Å². The Morgan fingerprint density at radius 3 is 1.17 bits per heavy atom. The smallest absolute Gasteiger partial charge is 0.145 e. The molecule has 0 aliphatic heterocycles. The number of benzene rings is 10. The van der Waals surface area contributed by atoms with Crippen molar-refractivity contribution in [2.75, 3.05) is 0 Å². The fraction of sp³-hybridized carbons (Fsp3) is 0. The van der Waals surface area contributed by atoms with Crippen molar-refractivity contribution in [2.45, 2.75) is 0 Å². The molecule has 8 aromatic heterocycles. The molecule has 0 radical (unpaired) electrons. The number of hydrogen-bond donors (Lipinski definition) is 0. The van der Waals surface area contributed by atoms with Gasteiger partial charge < -0.3 is 9.13 Å². The van der Waals surface area contributed by atoms with Crippen LogP contribution in [-0.2, 0) is 0 Å². The lowest BCUT2D eigenvalue weighted by atomic mass is 10.1. The van der Waals surface area contributed by atoms with Crippen LogP contribution in [0.4, 0.5) is 0 Å². The zero-order valence-corrected chi connectivity index (χ0v) is 43.4. The third-order valence-corrected chi connectivity index (χ3v) is 18.4. The minimum Gasteiger partial charge on any atom is -0.309 e. The van der Waals surface area contributed by atoms with E-state index in [-0.39, 0.29) is 0 Å². The van der Waals surface area contributed by atoms with E-state index < -0.39 is 0 Å². The molecule has 0 aliphatic carbocycles. The van der Waals surface area contributed by atoms with Gasteiger partial charge in [-0.05, 0) is 109 Å². The van der Waals surface area contributed by atoms with Gasteiger partial charge in [-0.15, -0.1) is 22.7 Å². The van der Waals surface area contributed by atoms with Gasteiger partial charge in [0.05, 0.1) is 53.9 Å². The number of rotatable bonds is 4. The second kappa shape index (κ2) is 16.8. The van der Waals surface area contributed by atoms with Crippen molar-refractivity contribution < 1.29 is 0 Å². The lowest BCUT2D eigenvalue weighted by Crippen LogP contribution is -1.96. The summed E-state index contributed by atoms with van der Waals surface area (Å²) in [6.45, 7) is 0. The molecule has 0 spiro atoms. The summed E-state index contributed by atoms with van der Waals surface area (Å²) in [6, 6.07) is 87.5. The van der Waals surface area contributed by atoms with Gasteiger partial charge in [0.25, 0.3) is 0 Å². The van der Waals surface area contributed by atoms with Gasteiger partial charge in [0.1, 0.15) is 11.3 Å². The van der Waals surface area contributed by atoms with E-state index in [1.807, 2.05) is 47.2 Å². The van der Waals surface area contributed by atoms with E-state index >= 15 is 0 Å². The van der Waals surface area contributed by atoms with Gasteiger partial charge in [-0.3, -0.25) is 9.13 Å². The molecule has 8 heteroatoms. The highest BCUT2D eigenvalue weighted by Gasteiger charge is 2.21. The minimum atomic E-state index is 0.983. The molecule has 78 heavy (non-hydrogen) atoms. The standard InChI is InChI=1S/2C35H21N3S/c1-4-14-29-23(9-1)27-13-8-20-36-35(27)37(29)22-18-19-31-28(21-22)24-10-2-5-15-30(24)38(31)32-16-7-12-26-25-11-3-6-17-33(25)39-34(26)32;1-4-14-29-23(9-1)24-10-2-5-15-30(24)37(29)22-18-19-31-28(21-22)27-13-8-20-36-35(27)38(31)32-16-7-12-26-25-11-3-6-17-33(25)39-34(26)32/h2*1-21H. The van der Waals surface area contributed by atoms with Crippen LogP contribution in [0.25, 0.3) is 151 Å². The lowest BCUT2D eigenvalue weighted by Gasteiger charge is -2.11. The van der Waals surface area contributed by atoms with Gasteiger partial charge in [-0.25, -0.2) is 9.97 Å². The van der Waals surface area contributed by atoms with Crippen molar-refractivity contribution in [3.63, 3.8) is 0 Å². The predicted molar refractivity (Wildman–Crippen MR) is 332 cm³/mol. The molecule has 0 saturated carbocycles. The molecule has 364 valence electrons. The van der Waals surface area contributed by atoms with Gasteiger partial charge in [-0.1, -0.05) is 133 Å². The summed E-state index contributed by atoms with van der Waals surface area (Å²) in [5.41, 5.74) is 13.8. The quantitative estimate of drug-likeness (QED) is 0.176.